The van der Waals surface area contributed by atoms with Crippen molar-refractivity contribution in [3.63, 3.8) is 0 Å². The molecule has 0 atom stereocenters. The smallest absolute Gasteiger partial charge is 0.341 e. The molecule has 180 valence electrons. The third kappa shape index (κ3) is 4.91. The lowest BCUT2D eigenvalue weighted by molar-refractivity contribution is -0.120. The van der Waals surface area contributed by atoms with E-state index in [1.54, 1.807) is 63.8 Å². The van der Waals surface area contributed by atoms with Gasteiger partial charge in [0.25, 0.3) is 0 Å². The molecule has 0 spiro atoms. The summed E-state index contributed by atoms with van der Waals surface area (Å²) in [4.78, 5) is 25.2. The molecule has 1 aromatic carbocycles. The van der Waals surface area contributed by atoms with Gasteiger partial charge in [-0.25, -0.2) is 13.2 Å². The van der Waals surface area contributed by atoms with E-state index in [4.69, 9.17) is 9.47 Å². The second-order valence-corrected chi connectivity index (χ2v) is 9.93. The monoisotopic (exact) mass is 477 g/mol. The minimum Gasteiger partial charge on any atom is -0.497 e. The second kappa shape index (κ2) is 9.96. The van der Waals surface area contributed by atoms with Crippen LogP contribution in [0.2, 0.25) is 0 Å². The van der Waals surface area contributed by atoms with Crippen LogP contribution in [0, 0.1) is 19.8 Å². The van der Waals surface area contributed by atoms with Gasteiger partial charge in [-0.15, -0.1) is 0 Å². The van der Waals surface area contributed by atoms with Gasteiger partial charge in [0.1, 0.15) is 16.2 Å². The summed E-state index contributed by atoms with van der Waals surface area (Å²) in [6, 6.07) is 7.04. The number of carbonyl (C=O) groups is 2. The van der Waals surface area contributed by atoms with Crippen LogP contribution >= 0.6 is 0 Å². The highest BCUT2D eigenvalue weighted by Crippen LogP contribution is 2.32. The van der Waals surface area contributed by atoms with Crippen molar-refractivity contribution >= 4 is 27.6 Å². The van der Waals surface area contributed by atoms with Gasteiger partial charge in [-0.2, -0.15) is 4.31 Å². The number of aromatic nitrogens is 1. The highest BCUT2D eigenvalue weighted by molar-refractivity contribution is 7.89. The fraction of sp³-hybridized carbons (Fsp3) is 0.478. The highest BCUT2D eigenvalue weighted by atomic mass is 32.2. The lowest BCUT2D eigenvalue weighted by Crippen LogP contribution is -2.41. The lowest BCUT2D eigenvalue weighted by Gasteiger charge is -2.30. The number of sulfonamides is 1. The van der Waals surface area contributed by atoms with Crippen molar-refractivity contribution in [1.82, 2.24) is 8.87 Å². The van der Waals surface area contributed by atoms with Crippen LogP contribution < -0.4 is 10.1 Å². The number of nitrogens with one attached hydrogen (secondary N) is 1. The van der Waals surface area contributed by atoms with Gasteiger partial charge in [0.2, 0.25) is 15.9 Å². The first-order valence-electron chi connectivity index (χ1n) is 10.9. The summed E-state index contributed by atoms with van der Waals surface area (Å²) < 4.78 is 40.3. The number of hydrogen-bond donors (Lipinski definition) is 1. The number of hydrogen-bond acceptors (Lipinski definition) is 6. The van der Waals surface area contributed by atoms with Crippen LogP contribution in [0.25, 0.3) is 0 Å². The molecule has 0 radical (unpaired) electrons. The summed E-state index contributed by atoms with van der Waals surface area (Å²) in [5, 5.41) is 2.88. The van der Waals surface area contributed by atoms with Crippen LogP contribution in [-0.2, 0) is 26.6 Å². The first-order valence-corrected chi connectivity index (χ1v) is 12.3. The van der Waals surface area contributed by atoms with Gasteiger partial charge in [-0.3, -0.25) is 4.79 Å². The summed E-state index contributed by atoms with van der Waals surface area (Å²) in [6.07, 6.45) is 0.779. The Morgan fingerprint density at radius 1 is 1.09 bits per heavy atom. The van der Waals surface area contributed by atoms with E-state index in [0.717, 1.165) is 0 Å². The standard InChI is InChI=1S/C23H31N3O6S/c1-6-32-23(28)20-15(2)25(4)16(3)21(20)33(29,30)26-13-11-17(12-14-26)22(27)24-18-7-9-19(31-5)10-8-18/h7-10,17H,6,11-14H2,1-5H3,(H,24,27). The maximum absolute atomic E-state index is 13.5. The van der Waals surface area contributed by atoms with Crippen LogP contribution in [0.5, 0.6) is 5.75 Å². The topological polar surface area (TPSA) is 107 Å². The van der Waals surface area contributed by atoms with Crippen molar-refractivity contribution < 1.29 is 27.5 Å². The first-order chi connectivity index (χ1) is 15.6. The average molecular weight is 478 g/mol. The first kappa shape index (κ1) is 24.8. The van der Waals surface area contributed by atoms with E-state index < -0.39 is 16.0 Å². The molecule has 1 saturated heterocycles. The molecule has 0 saturated carbocycles. The normalized spacial score (nSPS) is 15.3. The van der Waals surface area contributed by atoms with Crippen LogP contribution in [0.3, 0.4) is 0 Å². The quantitative estimate of drug-likeness (QED) is 0.615. The third-order valence-corrected chi connectivity index (χ3v) is 8.24. The molecule has 1 fully saturated rings. The van der Waals surface area contributed by atoms with Crippen LogP contribution in [0.4, 0.5) is 5.69 Å². The van der Waals surface area contributed by atoms with Crippen molar-refractivity contribution in [1.29, 1.82) is 0 Å². The molecule has 9 nitrogen and oxygen atoms in total. The summed E-state index contributed by atoms with van der Waals surface area (Å²) >= 11 is 0. The van der Waals surface area contributed by atoms with Gasteiger partial charge >= 0.3 is 5.97 Å². The number of nitrogens with zero attached hydrogens (tertiary/aromatic N) is 2. The van der Waals surface area contributed by atoms with Gasteiger partial charge in [0.15, 0.2) is 0 Å². The maximum atomic E-state index is 13.5. The van der Waals surface area contributed by atoms with Gasteiger partial charge in [0.05, 0.1) is 13.7 Å². The Bertz CT molecular complexity index is 1130. The van der Waals surface area contributed by atoms with Gasteiger partial charge in [-0.05, 0) is 57.9 Å². The Labute approximate surface area is 194 Å². The minimum atomic E-state index is -3.94. The molecule has 1 aliphatic rings. The number of methoxy groups -OCH3 is 1. The number of piperidine rings is 1. The molecule has 0 aliphatic carbocycles. The predicted octanol–water partition coefficient (Wildman–Crippen LogP) is 2.87. The molecular weight excluding hydrogens is 446 g/mol. The fourth-order valence-electron chi connectivity index (χ4n) is 4.08. The van der Waals surface area contributed by atoms with Gasteiger partial charge in [-0.1, -0.05) is 0 Å². The zero-order valence-corrected chi connectivity index (χ0v) is 20.5. The van der Waals surface area contributed by atoms with E-state index in [1.165, 1.54) is 4.31 Å². The molecule has 1 N–H and O–H groups in total. The third-order valence-electron chi connectivity index (χ3n) is 6.18. The number of ether oxygens (including phenoxy) is 2. The predicted molar refractivity (Wildman–Crippen MR) is 124 cm³/mol. The molecule has 2 aromatic rings. The highest BCUT2D eigenvalue weighted by Gasteiger charge is 2.38. The Kier molecular flexibility index (Phi) is 7.48. The van der Waals surface area contributed by atoms with Gasteiger partial charge in [0, 0.05) is 43.1 Å². The van der Waals surface area contributed by atoms with Crippen LogP contribution in [0.15, 0.2) is 29.2 Å². The molecule has 2 heterocycles. The van der Waals surface area contributed by atoms with Gasteiger partial charge < -0.3 is 19.4 Å². The number of esters is 1. The number of amides is 1. The van der Waals surface area contributed by atoms with Crippen molar-refractivity contribution in [2.75, 3.05) is 32.1 Å². The van der Waals surface area contributed by atoms with E-state index in [2.05, 4.69) is 5.32 Å². The second-order valence-electron chi connectivity index (χ2n) is 8.05. The number of carbonyl (C=O) groups excluding carboxylic acids is 2. The Morgan fingerprint density at radius 3 is 2.24 bits per heavy atom. The van der Waals surface area contributed by atoms with E-state index in [9.17, 15) is 18.0 Å². The molecule has 0 unspecified atom stereocenters. The van der Waals surface area contributed by atoms with E-state index in [1.807, 2.05) is 0 Å². The molecule has 0 bridgehead atoms. The maximum Gasteiger partial charge on any atom is 0.341 e. The number of anilines is 1. The summed E-state index contributed by atoms with van der Waals surface area (Å²) in [5.41, 5.74) is 1.76. The van der Waals surface area contributed by atoms with Crippen molar-refractivity contribution in [2.24, 2.45) is 13.0 Å². The molecule has 1 aliphatic heterocycles. The minimum absolute atomic E-state index is 0.0120. The molecule has 3 rings (SSSR count). The van der Waals surface area contributed by atoms with Crippen LogP contribution in [0.1, 0.15) is 41.5 Å². The van der Waals surface area contributed by atoms with E-state index in [0.29, 0.717) is 35.7 Å². The molecule has 1 amide bonds. The average Bonchev–Trinajstić information content (AvgIpc) is 3.04. The largest absolute Gasteiger partial charge is 0.497 e. The Morgan fingerprint density at radius 2 is 1.70 bits per heavy atom. The van der Waals surface area contributed by atoms with Crippen molar-refractivity contribution in [3.05, 3.63) is 41.2 Å². The van der Waals surface area contributed by atoms with Crippen molar-refractivity contribution in [3.8, 4) is 5.75 Å². The van der Waals surface area contributed by atoms with Crippen molar-refractivity contribution in [2.45, 2.75) is 38.5 Å². The zero-order chi connectivity index (χ0) is 24.3. The van der Waals surface area contributed by atoms with E-state index in [-0.39, 0.29) is 42.0 Å². The molecule has 33 heavy (non-hydrogen) atoms. The van der Waals surface area contributed by atoms with Crippen LogP contribution in [-0.4, -0.2) is 56.0 Å². The lowest BCUT2D eigenvalue weighted by atomic mass is 9.97. The van der Waals surface area contributed by atoms with E-state index >= 15 is 0 Å². The molecule has 1 aromatic heterocycles. The summed E-state index contributed by atoms with van der Waals surface area (Å²) in [6.45, 7) is 5.60. The molecular formula is C23H31N3O6S. The number of benzene rings is 1. The summed E-state index contributed by atoms with van der Waals surface area (Å²) in [5.74, 6) is -0.399. The SMILES string of the molecule is CCOC(=O)c1c(S(=O)(=O)N2CCC(C(=O)Nc3ccc(OC)cc3)CC2)c(C)n(C)c1C. The Hall–Kier alpha value is -2.85. The Balaban J connectivity index is 1.74. The fourth-order valence-corrected chi connectivity index (χ4v) is 6.03. The zero-order valence-electron chi connectivity index (χ0n) is 19.7. The summed E-state index contributed by atoms with van der Waals surface area (Å²) in [7, 11) is -0.641. The number of rotatable bonds is 7. The molecule has 10 heteroatoms.